The van der Waals surface area contributed by atoms with Crippen LogP contribution in [0, 0.1) is 0 Å². The molecule has 0 saturated heterocycles. The number of hydrogen-bond donors (Lipinski definition) is 0. The zero-order chi connectivity index (χ0) is 13.9. The molecule has 0 aromatic carbocycles. The maximum Gasteiger partial charge on any atom is 0.189 e. The first-order valence-electron chi connectivity index (χ1n) is 7.42. The van der Waals surface area contributed by atoms with Crippen LogP contribution >= 0.6 is 11.8 Å². The topological polar surface area (TPSA) is 17.1 Å². The molecule has 0 radical (unpaired) electrons. The molecule has 0 saturated carbocycles. The second-order valence-corrected chi connectivity index (χ2v) is 7.26. The summed E-state index contributed by atoms with van der Waals surface area (Å²) in [5, 5.41) is 0.386. The fraction of sp³-hybridized carbons (Fsp3) is 0.933. The zero-order valence-electron chi connectivity index (χ0n) is 12.8. The molecule has 2 nitrogen and oxygen atoms in total. The fourth-order valence-electron chi connectivity index (χ4n) is 1.73. The summed E-state index contributed by atoms with van der Waals surface area (Å²) in [4.78, 5) is 11.6. The number of thioether (sulfide) groups is 1. The molecule has 0 unspecified atom stereocenters. The number of rotatable bonds is 11. The molecule has 0 aliphatic carbocycles. The van der Waals surface area contributed by atoms with E-state index in [4.69, 9.17) is 0 Å². The van der Waals surface area contributed by atoms with Gasteiger partial charge in [-0.1, -0.05) is 57.2 Å². The largest absolute Gasteiger partial charge is 0.330 e. The Morgan fingerprint density at radius 3 is 2.06 bits per heavy atom. The molecule has 0 aromatic rings. The van der Waals surface area contributed by atoms with Crippen LogP contribution in [0.2, 0.25) is 0 Å². The van der Waals surface area contributed by atoms with Crippen molar-refractivity contribution >= 4 is 16.9 Å². The molecule has 0 bridgehead atoms. The van der Waals surface area contributed by atoms with Crippen molar-refractivity contribution in [3.05, 3.63) is 0 Å². The van der Waals surface area contributed by atoms with E-state index in [-0.39, 0.29) is 0 Å². The standard InChI is InChI=1S/C15H32NOS/c1-5-6-7-8-9-10-11-12-15(17)18-14-13-16(2,3)4/h5-14H2,1-4H3/q+1. The third-order valence-electron chi connectivity index (χ3n) is 3.01. The number of quaternary nitrogens is 1. The van der Waals surface area contributed by atoms with Gasteiger partial charge in [0.25, 0.3) is 0 Å². The highest BCUT2D eigenvalue weighted by Crippen LogP contribution is 2.13. The van der Waals surface area contributed by atoms with E-state index in [2.05, 4.69) is 28.1 Å². The van der Waals surface area contributed by atoms with Crippen LogP contribution in [-0.4, -0.2) is 43.0 Å². The number of nitrogens with zero attached hydrogens (tertiary/aromatic N) is 1. The molecule has 0 aliphatic heterocycles. The van der Waals surface area contributed by atoms with Crippen LogP contribution < -0.4 is 0 Å². The van der Waals surface area contributed by atoms with Crippen molar-refractivity contribution < 1.29 is 9.28 Å². The molecule has 18 heavy (non-hydrogen) atoms. The number of hydrogen-bond acceptors (Lipinski definition) is 2. The van der Waals surface area contributed by atoms with Gasteiger partial charge in [-0.25, -0.2) is 0 Å². The van der Waals surface area contributed by atoms with E-state index >= 15 is 0 Å². The Morgan fingerprint density at radius 2 is 1.50 bits per heavy atom. The summed E-state index contributed by atoms with van der Waals surface area (Å²) in [6.45, 7) is 3.31. The summed E-state index contributed by atoms with van der Waals surface area (Å²) in [5.74, 6) is 0.957. The van der Waals surface area contributed by atoms with Crippen LogP contribution in [0.25, 0.3) is 0 Å². The highest BCUT2D eigenvalue weighted by Gasteiger charge is 2.09. The first kappa shape index (κ1) is 18.0. The highest BCUT2D eigenvalue weighted by molar-refractivity contribution is 8.13. The second kappa shape index (κ2) is 10.9. The maximum absolute atomic E-state index is 11.6. The van der Waals surface area contributed by atoms with Crippen molar-refractivity contribution in [1.82, 2.24) is 0 Å². The molecule has 0 amide bonds. The van der Waals surface area contributed by atoms with Crippen molar-refractivity contribution in [2.45, 2.75) is 58.3 Å². The zero-order valence-corrected chi connectivity index (χ0v) is 13.7. The molecule has 0 fully saturated rings. The molecular formula is C15H32NOS+. The summed E-state index contributed by atoms with van der Waals surface area (Å²) >= 11 is 1.52. The summed E-state index contributed by atoms with van der Waals surface area (Å²) < 4.78 is 0.942. The monoisotopic (exact) mass is 274 g/mol. The van der Waals surface area contributed by atoms with Crippen molar-refractivity contribution in [1.29, 1.82) is 0 Å². The molecule has 0 rings (SSSR count). The Balaban J connectivity index is 3.27. The van der Waals surface area contributed by atoms with Gasteiger partial charge in [-0.05, 0) is 6.42 Å². The molecule has 0 aliphatic rings. The third kappa shape index (κ3) is 14.0. The van der Waals surface area contributed by atoms with Gasteiger partial charge in [0.15, 0.2) is 5.12 Å². The Bertz CT molecular complexity index is 211. The van der Waals surface area contributed by atoms with Gasteiger partial charge in [0.2, 0.25) is 0 Å². The lowest BCUT2D eigenvalue weighted by molar-refractivity contribution is -0.867. The molecule has 3 heteroatoms. The molecular weight excluding hydrogens is 242 g/mol. The molecule has 108 valence electrons. The SMILES string of the molecule is CCCCCCCCCC(=O)SCC[N+](C)(C)C. The van der Waals surface area contributed by atoms with E-state index in [1.165, 1.54) is 50.3 Å². The second-order valence-electron chi connectivity index (χ2n) is 6.11. The van der Waals surface area contributed by atoms with Gasteiger partial charge in [-0.15, -0.1) is 0 Å². The number of carbonyl (C=O) groups excluding carboxylic acids is 1. The van der Waals surface area contributed by atoms with Gasteiger partial charge in [0.05, 0.1) is 33.4 Å². The number of carbonyl (C=O) groups is 1. The van der Waals surface area contributed by atoms with Crippen LogP contribution in [0.3, 0.4) is 0 Å². The first-order chi connectivity index (χ1) is 8.45. The molecule has 0 aromatic heterocycles. The number of unbranched alkanes of at least 4 members (excludes halogenated alkanes) is 6. The average molecular weight is 274 g/mol. The Hall–Kier alpha value is -0.0200. The van der Waals surface area contributed by atoms with Crippen molar-refractivity contribution in [3.8, 4) is 0 Å². The van der Waals surface area contributed by atoms with E-state index in [0.29, 0.717) is 5.12 Å². The molecule has 0 heterocycles. The fourth-order valence-corrected chi connectivity index (χ4v) is 2.89. The normalized spacial score (nSPS) is 11.8. The van der Waals surface area contributed by atoms with Crippen molar-refractivity contribution in [3.63, 3.8) is 0 Å². The van der Waals surface area contributed by atoms with Gasteiger partial charge in [-0.3, -0.25) is 4.79 Å². The van der Waals surface area contributed by atoms with E-state index in [9.17, 15) is 4.79 Å². The quantitative estimate of drug-likeness (QED) is 0.417. The first-order valence-corrected chi connectivity index (χ1v) is 8.40. The Labute approximate surface area is 118 Å². The van der Waals surface area contributed by atoms with Crippen LogP contribution in [-0.2, 0) is 4.79 Å². The third-order valence-corrected chi connectivity index (χ3v) is 3.92. The lowest BCUT2D eigenvalue weighted by atomic mass is 10.1. The Kier molecular flexibility index (Phi) is 10.8. The minimum Gasteiger partial charge on any atom is -0.330 e. The van der Waals surface area contributed by atoms with Crippen molar-refractivity contribution in [2.24, 2.45) is 0 Å². The summed E-state index contributed by atoms with van der Waals surface area (Å²) in [5.41, 5.74) is 0. The van der Waals surface area contributed by atoms with E-state index in [1.54, 1.807) is 0 Å². The predicted octanol–water partition coefficient (Wildman–Crippen LogP) is 4.09. The molecule has 0 N–H and O–H groups in total. The average Bonchev–Trinajstić information content (AvgIpc) is 2.26. The van der Waals surface area contributed by atoms with Gasteiger partial charge in [0, 0.05) is 6.42 Å². The maximum atomic E-state index is 11.6. The van der Waals surface area contributed by atoms with E-state index in [1.807, 2.05) is 0 Å². The van der Waals surface area contributed by atoms with Crippen molar-refractivity contribution in [2.75, 3.05) is 33.4 Å². The van der Waals surface area contributed by atoms with Gasteiger partial charge < -0.3 is 4.48 Å². The van der Waals surface area contributed by atoms with E-state index in [0.717, 1.165) is 29.6 Å². The minimum atomic E-state index is 0.386. The summed E-state index contributed by atoms with van der Waals surface area (Å²) in [6, 6.07) is 0. The van der Waals surface area contributed by atoms with Gasteiger partial charge in [0.1, 0.15) is 0 Å². The van der Waals surface area contributed by atoms with Crippen LogP contribution in [0.5, 0.6) is 0 Å². The summed E-state index contributed by atoms with van der Waals surface area (Å²) in [6.07, 6.45) is 9.76. The smallest absolute Gasteiger partial charge is 0.189 e. The lowest BCUT2D eigenvalue weighted by Crippen LogP contribution is -2.36. The predicted molar refractivity (Wildman–Crippen MR) is 83.0 cm³/mol. The Morgan fingerprint density at radius 1 is 0.944 bits per heavy atom. The highest BCUT2D eigenvalue weighted by atomic mass is 32.2. The van der Waals surface area contributed by atoms with Crippen LogP contribution in [0.4, 0.5) is 0 Å². The van der Waals surface area contributed by atoms with Gasteiger partial charge in [-0.2, -0.15) is 0 Å². The van der Waals surface area contributed by atoms with Gasteiger partial charge >= 0.3 is 0 Å². The minimum absolute atomic E-state index is 0.386. The molecule has 0 spiro atoms. The van der Waals surface area contributed by atoms with Crippen LogP contribution in [0.15, 0.2) is 0 Å². The molecule has 0 atom stereocenters. The lowest BCUT2D eigenvalue weighted by Gasteiger charge is -2.23. The van der Waals surface area contributed by atoms with E-state index < -0.39 is 0 Å². The van der Waals surface area contributed by atoms with Crippen LogP contribution in [0.1, 0.15) is 58.3 Å². The summed E-state index contributed by atoms with van der Waals surface area (Å²) in [7, 11) is 6.50.